The Kier molecular flexibility index (Phi) is 6.01. The molecule has 1 saturated heterocycles. The summed E-state index contributed by atoms with van der Waals surface area (Å²) < 4.78 is 42.5. The van der Waals surface area contributed by atoms with E-state index in [4.69, 9.17) is 4.74 Å². The van der Waals surface area contributed by atoms with E-state index in [1.807, 2.05) is 30.3 Å². The molecule has 0 bridgehead atoms. The highest BCUT2D eigenvalue weighted by atomic mass is 19.4. The molecule has 1 N–H and O–H groups in total. The second kappa shape index (κ2) is 7.79. The molecule has 0 aliphatic carbocycles. The number of likely N-dealkylation sites (tertiary alicyclic amines) is 1. The molecular weight excluding hydrogens is 311 g/mol. The van der Waals surface area contributed by atoms with Crippen molar-refractivity contribution in [3.05, 3.63) is 35.9 Å². The number of carbonyl (C=O) groups excluding carboxylic acids is 1. The number of piperidine rings is 1. The normalized spacial score (nSPS) is 18.6. The Labute approximate surface area is 132 Å². The van der Waals surface area contributed by atoms with Crippen LogP contribution in [0.5, 0.6) is 0 Å². The maximum absolute atomic E-state index is 12.5. The molecule has 7 heteroatoms. The molecule has 0 saturated carbocycles. The predicted molar refractivity (Wildman–Crippen MR) is 77.5 cm³/mol. The fourth-order valence-corrected chi connectivity index (χ4v) is 2.66. The SMILES string of the molecule is O=C(CN1CCC(C(O)C(F)(F)F)CC1)OCc1ccccc1. The van der Waals surface area contributed by atoms with Crippen molar-refractivity contribution in [2.45, 2.75) is 31.7 Å². The number of esters is 1. The van der Waals surface area contributed by atoms with Gasteiger partial charge in [0.15, 0.2) is 6.10 Å². The average molecular weight is 331 g/mol. The standard InChI is InChI=1S/C16H20F3NO3/c17-16(18,19)15(22)13-6-8-20(9-7-13)10-14(21)23-11-12-4-2-1-3-5-12/h1-5,13,15,22H,6-11H2. The van der Waals surface area contributed by atoms with Crippen molar-refractivity contribution >= 4 is 5.97 Å². The number of aliphatic hydroxyl groups excluding tert-OH is 1. The largest absolute Gasteiger partial charge is 0.460 e. The van der Waals surface area contributed by atoms with Crippen LogP contribution in [0, 0.1) is 5.92 Å². The molecule has 0 radical (unpaired) electrons. The van der Waals surface area contributed by atoms with Crippen LogP contribution >= 0.6 is 0 Å². The van der Waals surface area contributed by atoms with Gasteiger partial charge in [0.05, 0.1) is 6.54 Å². The molecule has 0 spiro atoms. The van der Waals surface area contributed by atoms with Gasteiger partial charge in [0.2, 0.25) is 0 Å². The van der Waals surface area contributed by atoms with Crippen molar-refractivity contribution in [3.63, 3.8) is 0 Å². The molecule has 1 heterocycles. The third-order valence-electron chi connectivity index (χ3n) is 4.01. The first-order chi connectivity index (χ1) is 10.9. The topological polar surface area (TPSA) is 49.8 Å². The maximum atomic E-state index is 12.5. The Morgan fingerprint density at radius 1 is 1.26 bits per heavy atom. The molecule has 1 aliphatic heterocycles. The van der Waals surface area contributed by atoms with Gasteiger partial charge < -0.3 is 9.84 Å². The number of alkyl halides is 3. The summed E-state index contributed by atoms with van der Waals surface area (Å²) in [5.41, 5.74) is 0.882. The van der Waals surface area contributed by atoms with Gasteiger partial charge in [0, 0.05) is 0 Å². The molecule has 4 nitrogen and oxygen atoms in total. The van der Waals surface area contributed by atoms with E-state index in [1.165, 1.54) is 0 Å². The van der Waals surface area contributed by atoms with Crippen molar-refractivity contribution < 1.29 is 27.8 Å². The van der Waals surface area contributed by atoms with E-state index in [2.05, 4.69) is 0 Å². The second-order valence-electron chi connectivity index (χ2n) is 5.75. The van der Waals surface area contributed by atoms with Gasteiger partial charge in [-0.15, -0.1) is 0 Å². The highest BCUT2D eigenvalue weighted by molar-refractivity contribution is 5.71. The van der Waals surface area contributed by atoms with E-state index < -0.39 is 24.2 Å². The third-order valence-corrected chi connectivity index (χ3v) is 4.01. The van der Waals surface area contributed by atoms with Crippen LogP contribution in [0.2, 0.25) is 0 Å². The van der Waals surface area contributed by atoms with Crippen LogP contribution in [0.15, 0.2) is 30.3 Å². The highest BCUT2D eigenvalue weighted by Crippen LogP contribution is 2.31. The molecule has 0 amide bonds. The number of hydrogen-bond acceptors (Lipinski definition) is 4. The first kappa shape index (κ1) is 17.7. The Balaban J connectivity index is 1.70. The van der Waals surface area contributed by atoms with Crippen LogP contribution in [-0.2, 0) is 16.1 Å². The van der Waals surface area contributed by atoms with E-state index in [0.29, 0.717) is 13.1 Å². The number of benzene rings is 1. The Morgan fingerprint density at radius 3 is 2.43 bits per heavy atom. The summed E-state index contributed by atoms with van der Waals surface area (Å²) >= 11 is 0. The number of hydrogen-bond donors (Lipinski definition) is 1. The lowest BCUT2D eigenvalue weighted by atomic mass is 9.91. The van der Waals surface area contributed by atoms with Crippen LogP contribution in [0.25, 0.3) is 0 Å². The zero-order chi connectivity index (χ0) is 16.9. The van der Waals surface area contributed by atoms with E-state index in [0.717, 1.165) is 5.56 Å². The van der Waals surface area contributed by atoms with Gasteiger partial charge >= 0.3 is 12.1 Å². The molecule has 1 aliphatic rings. The molecule has 1 aromatic carbocycles. The van der Waals surface area contributed by atoms with Crippen LogP contribution in [0.3, 0.4) is 0 Å². The van der Waals surface area contributed by atoms with Crippen LogP contribution in [0.1, 0.15) is 18.4 Å². The molecule has 1 unspecified atom stereocenters. The predicted octanol–water partition coefficient (Wildman–Crippen LogP) is 2.37. The van der Waals surface area contributed by atoms with Gasteiger partial charge in [-0.2, -0.15) is 13.2 Å². The molecule has 1 atom stereocenters. The Hall–Kier alpha value is -1.60. The van der Waals surface area contributed by atoms with Crippen LogP contribution in [0.4, 0.5) is 13.2 Å². The molecule has 1 aromatic rings. The third kappa shape index (κ3) is 5.51. The van der Waals surface area contributed by atoms with Gasteiger partial charge in [0.1, 0.15) is 6.61 Å². The Morgan fingerprint density at radius 2 is 1.87 bits per heavy atom. The van der Waals surface area contributed by atoms with Gasteiger partial charge in [0.25, 0.3) is 0 Å². The molecule has 1 fully saturated rings. The molecule has 0 aromatic heterocycles. The average Bonchev–Trinajstić information content (AvgIpc) is 2.53. The van der Waals surface area contributed by atoms with Crippen molar-refractivity contribution in [1.82, 2.24) is 4.90 Å². The quantitative estimate of drug-likeness (QED) is 0.842. The number of aliphatic hydroxyl groups is 1. The van der Waals surface area contributed by atoms with Crippen molar-refractivity contribution in [2.75, 3.05) is 19.6 Å². The zero-order valence-corrected chi connectivity index (χ0v) is 12.6. The van der Waals surface area contributed by atoms with E-state index >= 15 is 0 Å². The summed E-state index contributed by atoms with van der Waals surface area (Å²) in [5, 5.41) is 9.25. The molecule has 128 valence electrons. The van der Waals surface area contributed by atoms with Crippen LogP contribution < -0.4 is 0 Å². The van der Waals surface area contributed by atoms with E-state index in [9.17, 15) is 23.1 Å². The molecular formula is C16H20F3NO3. The minimum Gasteiger partial charge on any atom is -0.460 e. The zero-order valence-electron chi connectivity index (χ0n) is 12.6. The second-order valence-corrected chi connectivity index (χ2v) is 5.75. The maximum Gasteiger partial charge on any atom is 0.414 e. The number of halogens is 3. The first-order valence-corrected chi connectivity index (χ1v) is 7.53. The summed E-state index contributed by atoms with van der Waals surface area (Å²) in [6.45, 7) is 0.932. The highest BCUT2D eigenvalue weighted by Gasteiger charge is 2.44. The van der Waals surface area contributed by atoms with E-state index in [1.54, 1.807) is 4.90 Å². The summed E-state index contributed by atoms with van der Waals surface area (Å²) in [5.74, 6) is -1.20. The number of carbonyl (C=O) groups is 1. The summed E-state index contributed by atoms with van der Waals surface area (Å²) in [4.78, 5) is 13.5. The fourth-order valence-electron chi connectivity index (χ4n) is 2.66. The van der Waals surface area contributed by atoms with Gasteiger partial charge in [-0.25, -0.2) is 0 Å². The summed E-state index contributed by atoms with van der Waals surface area (Å²) in [6, 6.07) is 9.25. The first-order valence-electron chi connectivity index (χ1n) is 7.53. The minimum atomic E-state index is -4.58. The number of nitrogens with zero attached hydrogens (tertiary/aromatic N) is 1. The Bertz CT molecular complexity index is 499. The van der Waals surface area contributed by atoms with Gasteiger partial charge in [-0.3, -0.25) is 9.69 Å². The lowest BCUT2D eigenvalue weighted by Gasteiger charge is -2.34. The number of ether oxygens (including phenoxy) is 1. The fraction of sp³-hybridized carbons (Fsp3) is 0.562. The van der Waals surface area contributed by atoms with Crippen LogP contribution in [-0.4, -0.2) is 47.9 Å². The summed E-state index contributed by atoms with van der Waals surface area (Å²) in [6.07, 6.45) is -6.43. The molecule has 23 heavy (non-hydrogen) atoms. The smallest absolute Gasteiger partial charge is 0.414 e. The van der Waals surface area contributed by atoms with Gasteiger partial charge in [-0.1, -0.05) is 30.3 Å². The molecule has 2 rings (SSSR count). The number of rotatable bonds is 5. The van der Waals surface area contributed by atoms with Crippen molar-refractivity contribution in [3.8, 4) is 0 Å². The lowest BCUT2D eigenvalue weighted by Crippen LogP contribution is -2.44. The summed E-state index contributed by atoms with van der Waals surface area (Å²) in [7, 11) is 0. The monoisotopic (exact) mass is 331 g/mol. The van der Waals surface area contributed by atoms with Gasteiger partial charge in [-0.05, 0) is 37.4 Å². The van der Waals surface area contributed by atoms with Crippen molar-refractivity contribution in [2.24, 2.45) is 5.92 Å². The lowest BCUT2D eigenvalue weighted by molar-refractivity contribution is -0.223. The van der Waals surface area contributed by atoms with E-state index in [-0.39, 0.29) is 26.0 Å². The minimum absolute atomic E-state index is 0.0572. The van der Waals surface area contributed by atoms with Crippen molar-refractivity contribution in [1.29, 1.82) is 0 Å².